The summed E-state index contributed by atoms with van der Waals surface area (Å²) >= 11 is 0. The molecule has 0 spiro atoms. The summed E-state index contributed by atoms with van der Waals surface area (Å²) in [4.78, 5) is 0. The molecule has 5 heteroatoms. The molecule has 0 bridgehead atoms. The monoisotopic (exact) mass is 470 g/mol. The van der Waals surface area contributed by atoms with Crippen molar-refractivity contribution < 1.29 is 23.5 Å². The minimum atomic E-state index is 0.736. The van der Waals surface area contributed by atoms with Gasteiger partial charge in [0.2, 0.25) is 5.69 Å². The van der Waals surface area contributed by atoms with E-state index in [9.17, 15) is 0 Å². The van der Waals surface area contributed by atoms with Crippen molar-refractivity contribution in [3.05, 3.63) is 76.5 Å². The van der Waals surface area contributed by atoms with Crippen LogP contribution < -0.4 is 23.5 Å². The molecule has 1 aliphatic rings. The first kappa shape index (κ1) is 23.0. The van der Waals surface area contributed by atoms with Crippen molar-refractivity contribution in [3.63, 3.8) is 0 Å². The third-order valence-electron chi connectivity index (χ3n) is 7.21. The number of ether oxygens (including phenoxy) is 4. The molecule has 0 fully saturated rings. The quantitative estimate of drug-likeness (QED) is 0.344. The minimum absolute atomic E-state index is 0.736. The summed E-state index contributed by atoms with van der Waals surface area (Å²) in [6.07, 6.45) is 3.92. The Morgan fingerprint density at radius 2 is 1.49 bits per heavy atom. The van der Waals surface area contributed by atoms with E-state index >= 15 is 0 Å². The largest absolute Gasteiger partial charge is 0.493 e. The van der Waals surface area contributed by atoms with Gasteiger partial charge in [0.15, 0.2) is 35.7 Å². The summed E-state index contributed by atoms with van der Waals surface area (Å²) in [6.45, 7) is 5.20. The van der Waals surface area contributed by atoms with E-state index in [1.54, 1.807) is 28.4 Å². The number of rotatable bonds is 6. The molecule has 2 heterocycles. The lowest BCUT2D eigenvalue weighted by Crippen LogP contribution is -2.41. The topological polar surface area (TPSA) is 40.8 Å². The van der Waals surface area contributed by atoms with Gasteiger partial charge in [-0.15, -0.1) is 0 Å². The van der Waals surface area contributed by atoms with Crippen molar-refractivity contribution in [1.82, 2.24) is 0 Å². The molecule has 5 nitrogen and oxygen atoms in total. The number of pyridine rings is 1. The molecular formula is C30H32NO4+. The zero-order valence-corrected chi connectivity index (χ0v) is 21.3. The first-order valence-corrected chi connectivity index (χ1v) is 11.9. The van der Waals surface area contributed by atoms with Crippen molar-refractivity contribution >= 4 is 10.8 Å². The van der Waals surface area contributed by atoms with Crippen molar-refractivity contribution in [1.29, 1.82) is 0 Å². The molecule has 0 unspecified atom stereocenters. The average molecular weight is 471 g/mol. The molecule has 1 aromatic heterocycles. The number of methoxy groups -OCH3 is 4. The predicted octanol–water partition coefficient (Wildman–Crippen LogP) is 5.59. The highest BCUT2D eigenvalue weighted by atomic mass is 16.5. The van der Waals surface area contributed by atoms with E-state index in [2.05, 4.69) is 61.0 Å². The summed E-state index contributed by atoms with van der Waals surface area (Å²) in [7, 11) is 6.76. The fraction of sp³-hybridized carbons (Fsp3) is 0.300. The SMILES string of the molecule is COc1cc2c(cc1OC)-c1c(Cc3ccc(C)c(C)c3)c3ccc(OC)c(OC)c3c[n+]1CC2. The number of benzene rings is 3. The predicted molar refractivity (Wildman–Crippen MR) is 138 cm³/mol. The fourth-order valence-electron chi connectivity index (χ4n) is 5.24. The fourth-order valence-corrected chi connectivity index (χ4v) is 5.24. The summed E-state index contributed by atoms with van der Waals surface area (Å²) in [6, 6.07) is 15.1. The zero-order chi connectivity index (χ0) is 24.7. The maximum Gasteiger partial charge on any atom is 0.217 e. The van der Waals surface area contributed by atoms with Gasteiger partial charge in [0, 0.05) is 23.8 Å². The van der Waals surface area contributed by atoms with Crippen molar-refractivity contribution in [2.75, 3.05) is 28.4 Å². The normalized spacial score (nSPS) is 12.2. The van der Waals surface area contributed by atoms with Gasteiger partial charge in [-0.1, -0.05) is 18.2 Å². The van der Waals surface area contributed by atoms with E-state index in [1.165, 1.54) is 39.1 Å². The summed E-state index contributed by atoms with van der Waals surface area (Å²) in [5, 5.41) is 2.22. The molecule has 0 atom stereocenters. The van der Waals surface area contributed by atoms with Crippen LogP contribution in [0.1, 0.15) is 27.8 Å². The summed E-state index contributed by atoms with van der Waals surface area (Å²) in [5.74, 6) is 3.01. The molecule has 180 valence electrons. The summed E-state index contributed by atoms with van der Waals surface area (Å²) in [5.41, 5.74) is 8.82. The van der Waals surface area contributed by atoms with Gasteiger partial charge in [-0.05, 0) is 60.4 Å². The second kappa shape index (κ2) is 9.14. The molecule has 35 heavy (non-hydrogen) atoms. The lowest BCUT2D eigenvalue weighted by atomic mass is 9.88. The van der Waals surface area contributed by atoms with Crippen LogP contribution in [0.5, 0.6) is 23.0 Å². The molecule has 0 amide bonds. The van der Waals surface area contributed by atoms with Crippen molar-refractivity contribution in [2.24, 2.45) is 0 Å². The molecular weight excluding hydrogens is 438 g/mol. The molecule has 3 aromatic carbocycles. The highest BCUT2D eigenvalue weighted by molar-refractivity contribution is 5.95. The van der Waals surface area contributed by atoms with E-state index in [-0.39, 0.29) is 0 Å². The number of aryl methyl sites for hydroxylation is 4. The van der Waals surface area contributed by atoms with Crippen LogP contribution in [0.2, 0.25) is 0 Å². The van der Waals surface area contributed by atoms with E-state index in [4.69, 9.17) is 18.9 Å². The van der Waals surface area contributed by atoms with Crippen LogP contribution in [0.3, 0.4) is 0 Å². The van der Waals surface area contributed by atoms with Crippen LogP contribution in [-0.2, 0) is 19.4 Å². The van der Waals surface area contributed by atoms with Crippen LogP contribution in [-0.4, -0.2) is 28.4 Å². The molecule has 1 aliphatic heterocycles. The smallest absolute Gasteiger partial charge is 0.217 e. The molecule has 5 rings (SSSR count). The number of hydrogen-bond acceptors (Lipinski definition) is 4. The van der Waals surface area contributed by atoms with Crippen LogP contribution in [0.4, 0.5) is 0 Å². The second-order valence-corrected chi connectivity index (χ2v) is 9.12. The van der Waals surface area contributed by atoms with Crippen LogP contribution >= 0.6 is 0 Å². The van der Waals surface area contributed by atoms with Gasteiger partial charge in [0.25, 0.3) is 0 Å². The Morgan fingerprint density at radius 3 is 2.17 bits per heavy atom. The second-order valence-electron chi connectivity index (χ2n) is 9.12. The van der Waals surface area contributed by atoms with E-state index in [1.807, 2.05) is 6.07 Å². The van der Waals surface area contributed by atoms with E-state index in [0.29, 0.717) is 0 Å². The average Bonchev–Trinajstić information content (AvgIpc) is 2.88. The highest BCUT2D eigenvalue weighted by Gasteiger charge is 2.31. The van der Waals surface area contributed by atoms with Crippen LogP contribution in [0.15, 0.2) is 48.7 Å². The number of nitrogens with zero attached hydrogens (tertiary/aromatic N) is 1. The Labute approximate surface area is 206 Å². The Morgan fingerprint density at radius 1 is 0.743 bits per heavy atom. The number of hydrogen-bond donors (Lipinski definition) is 0. The molecule has 0 N–H and O–H groups in total. The lowest BCUT2D eigenvalue weighted by molar-refractivity contribution is -0.686. The Balaban J connectivity index is 1.83. The van der Waals surface area contributed by atoms with Crippen molar-refractivity contribution in [3.8, 4) is 34.3 Å². The van der Waals surface area contributed by atoms with Gasteiger partial charge in [0.05, 0.1) is 39.4 Å². The number of aromatic nitrogens is 1. The molecule has 0 radical (unpaired) electrons. The Hall–Kier alpha value is -3.73. The van der Waals surface area contributed by atoms with Gasteiger partial charge in [-0.3, -0.25) is 0 Å². The van der Waals surface area contributed by atoms with E-state index in [0.717, 1.165) is 53.2 Å². The number of fused-ring (bicyclic) bond motifs is 4. The van der Waals surface area contributed by atoms with Crippen LogP contribution in [0, 0.1) is 13.8 Å². The third-order valence-corrected chi connectivity index (χ3v) is 7.21. The summed E-state index contributed by atoms with van der Waals surface area (Å²) < 4.78 is 25.1. The van der Waals surface area contributed by atoms with Crippen LogP contribution in [0.25, 0.3) is 22.0 Å². The molecule has 0 saturated carbocycles. The molecule has 0 aliphatic carbocycles. The van der Waals surface area contributed by atoms with Gasteiger partial charge in [-0.2, -0.15) is 4.57 Å². The van der Waals surface area contributed by atoms with Gasteiger partial charge in [-0.25, -0.2) is 0 Å². The first-order valence-electron chi connectivity index (χ1n) is 11.9. The maximum absolute atomic E-state index is 5.84. The van der Waals surface area contributed by atoms with Gasteiger partial charge >= 0.3 is 0 Å². The zero-order valence-electron chi connectivity index (χ0n) is 21.3. The van der Waals surface area contributed by atoms with Gasteiger partial charge < -0.3 is 18.9 Å². The van der Waals surface area contributed by atoms with Crippen molar-refractivity contribution in [2.45, 2.75) is 33.2 Å². The van der Waals surface area contributed by atoms with E-state index < -0.39 is 0 Å². The first-order chi connectivity index (χ1) is 17.0. The van der Waals surface area contributed by atoms with Gasteiger partial charge in [0.1, 0.15) is 0 Å². The molecule has 4 aromatic rings. The Bertz CT molecular complexity index is 1440. The minimum Gasteiger partial charge on any atom is -0.493 e. The Kier molecular flexibility index (Phi) is 6.01. The third kappa shape index (κ3) is 3.85. The highest BCUT2D eigenvalue weighted by Crippen LogP contribution is 2.43. The lowest BCUT2D eigenvalue weighted by Gasteiger charge is -2.22. The maximum atomic E-state index is 5.84. The molecule has 0 saturated heterocycles. The standard InChI is InChI=1S/C30H32NO4/c1-18-7-8-20(13-19(18)2)14-24-22-9-10-26(32-3)30(35-6)25(22)17-31-12-11-21-15-27(33-4)28(34-5)16-23(21)29(24)31/h7-10,13,15-17H,11-12,14H2,1-6H3/q+1.